The molecule has 2 rings (SSSR count). The molecule has 0 aliphatic carbocycles. The van der Waals surface area contributed by atoms with Gasteiger partial charge in [0.25, 0.3) is 0 Å². The van der Waals surface area contributed by atoms with E-state index in [1.807, 2.05) is 6.07 Å². The Morgan fingerprint density at radius 3 is 2.60 bits per heavy atom. The molecule has 106 valence electrons. The molecule has 0 aromatic heterocycles. The number of ether oxygens (including phenoxy) is 1. The van der Waals surface area contributed by atoms with Crippen LogP contribution < -0.4 is 10.6 Å². The van der Waals surface area contributed by atoms with Crippen molar-refractivity contribution in [3.63, 3.8) is 0 Å². The molecule has 1 aliphatic heterocycles. The van der Waals surface area contributed by atoms with E-state index in [0.29, 0.717) is 37.3 Å². The molecule has 1 aliphatic rings. The highest BCUT2D eigenvalue weighted by molar-refractivity contribution is 5.89. The average molecular weight is 275 g/mol. The number of carbonyl (C=O) groups is 1. The molecule has 0 atom stereocenters. The first kappa shape index (κ1) is 14.3. The number of rotatable bonds is 3. The average Bonchev–Trinajstić information content (AvgIpc) is 2.47. The van der Waals surface area contributed by atoms with Gasteiger partial charge in [0.2, 0.25) is 0 Å². The number of anilines is 1. The highest BCUT2D eigenvalue weighted by Crippen LogP contribution is 2.19. The van der Waals surface area contributed by atoms with Gasteiger partial charge in [0.1, 0.15) is 0 Å². The molecule has 6 heteroatoms. The van der Waals surface area contributed by atoms with Gasteiger partial charge in [-0.3, -0.25) is 0 Å². The second kappa shape index (κ2) is 6.37. The number of aliphatic hydroxyl groups is 1. The van der Waals surface area contributed by atoms with Gasteiger partial charge < -0.3 is 20.5 Å². The summed E-state index contributed by atoms with van der Waals surface area (Å²) in [7, 11) is 0. The highest BCUT2D eigenvalue weighted by atomic mass is 16.5. The molecule has 1 fully saturated rings. The smallest absolute Gasteiger partial charge is 0.319 e. The number of urea groups is 1. The van der Waals surface area contributed by atoms with Crippen molar-refractivity contribution in [2.45, 2.75) is 18.4 Å². The lowest BCUT2D eigenvalue weighted by Crippen LogP contribution is -2.47. The number of hydrogen-bond donors (Lipinski definition) is 3. The third-order valence-electron chi connectivity index (χ3n) is 3.27. The lowest BCUT2D eigenvalue weighted by molar-refractivity contribution is -0.0598. The van der Waals surface area contributed by atoms with Crippen LogP contribution in [0.5, 0.6) is 0 Å². The van der Waals surface area contributed by atoms with Crippen molar-refractivity contribution in [2.24, 2.45) is 0 Å². The van der Waals surface area contributed by atoms with Crippen LogP contribution in [0.4, 0.5) is 10.5 Å². The van der Waals surface area contributed by atoms with E-state index < -0.39 is 5.60 Å². The molecule has 0 spiro atoms. The minimum atomic E-state index is -0.889. The van der Waals surface area contributed by atoms with Crippen LogP contribution in [-0.4, -0.2) is 36.5 Å². The van der Waals surface area contributed by atoms with Crippen molar-refractivity contribution >= 4 is 11.7 Å². The van der Waals surface area contributed by atoms with E-state index in [9.17, 15) is 9.90 Å². The molecule has 1 aromatic carbocycles. The van der Waals surface area contributed by atoms with Crippen molar-refractivity contribution in [3.05, 3.63) is 29.8 Å². The summed E-state index contributed by atoms with van der Waals surface area (Å²) in [5.41, 5.74) is 0.244. The summed E-state index contributed by atoms with van der Waals surface area (Å²) < 4.78 is 5.17. The van der Waals surface area contributed by atoms with Crippen LogP contribution in [0.25, 0.3) is 0 Å². The lowest BCUT2D eigenvalue weighted by atomic mass is 9.94. The molecule has 20 heavy (non-hydrogen) atoms. The van der Waals surface area contributed by atoms with Gasteiger partial charge in [-0.2, -0.15) is 5.26 Å². The van der Waals surface area contributed by atoms with Gasteiger partial charge in [0.05, 0.1) is 17.2 Å². The fraction of sp³-hybridized carbons (Fsp3) is 0.429. The number of nitrogens with one attached hydrogen (secondary N) is 2. The Kier molecular flexibility index (Phi) is 4.56. The van der Waals surface area contributed by atoms with Gasteiger partial charge in [0, 0.05) is 38.3 Å². The molecule has 2 amide bonds. The Bertz CT molecular complexity index is 501. The van der Waals surface area contributed by atoms with Crippen LogP contribution >= 0.6 is 0 Å². The van der Waals surface area contributed by atoms with E-state index in [-0.39, 0.29) is 12.6 Å². The van der Waals surface area contributed by atoms with Crippen molar-refractivity contribution in [1.82, 2.24) is 5.32 Å². The minimum absolute atomic E-state index is 0.193. The largest absolute Gasteiger partial charge is 0.388 e. The Hall–Kier alpha value is -2.10. The second-order valence-electron chi connectivity index (χ2n) is 4.83. The number of amides is 2. The van der Waals surface area contributed by atoms with E-state index >= 15 is 0 Å². The Labute approximate surface area is 117 Å². The standard InChI is InChI=1S/C14H17N3O3/c15-9-11-1-3-12(4-2-11)17-13(18)16-10-14(19)5-7-20-8-6-14/h1-4,19H,5-8,10H2,(H2,16,17,18). The van der Waals surface area contributed by atoms with Gasteiger partial charge in [-0.15, -0.1) is 0 Å². The summed E-state index contributed by atoms with van der Waals surface area (Å²) in [5.74, 6) is 0. The van der Waals surface area contributed by atoms with E-state index in [1.54, 1.807) is 24.3 Å². The number of hydrogen-bond acceptors (Lipinski definition) is 4. The molecule has 0 bridgehead atoms. The summed E-state index contributed by atoms with van der Waals surface area (Å²) in [5, 5.41) is 24.2. The molecular weight excluding hydrogens is 258 g/mol. The predicted molar refractivity (Wildman–Crippen MR) is 73.2 cm³/mol. The van der Waals surface area contributed by atoms with E-state index in [4.69, 9.17) is 10.00 Å². The molecule has 6 nitrogen and oxygen atoms in total. The normalized spacial score (nSPS) is 17.0. The van der Waals surface area contributed by atoms with Gasteiger partial charge in [0.15, 0.2) is 0 Å². The molecule has 3 N–H and O–H groups in total. The van der Waals surface area contributed by atoms with Crippen LogP contribution in [-0.2, 0) is 4.74 Å². The van der Waals surface area contributed by atoms with E-state index in [1.165, 1.54) is 0 Å². The Balaban J connectivity index is 1.81. The van der Waals surface area contributed by atoms with Crippen LogP contribution in [0, 0.1) is 11.3 Å². The number of nitrogens with zero attached hydrogens (tertiary/aromatic N) is 1. The number of benzene rings is 1. The maximum Gasteiger partial charge on any atom is 0.319 e. The van der Waals surface area contributed by atoms with Gasteiger partial charge in [-0.05, 0) is 24.3 Å². The first-order chi connectivity index (χ1) is 9.61. The van der Waals surface area contributed by atoms with E-state index in [2.05, 4.69) is 10.6 Å². The molecule has 1 heterocycles. The molecule has 1 aromatic rings. The van der Waals surface area contributed by atoms with Crippen LogP contribution in [0.3, 0.4) is 0 Å². The fourth-order valence-electron chi connectivity index (χ4n) is 1.98. The summed E-state index contributed by atoms with van der Waals surface area (Å²) >= 11 is 0. The summed E-state index contributed by atoms with van der Waals surface area (Å²) in [6, 6.07) is 8.19. The first-order valence-electron chi connectivity index (χ1n) is 6.46. The Morgan fingerprint density at radius 1 is 1.35 bits per heavy atom. The summed E-state index contributed by atoms with van der Waals surface area (Å²) in [4.78, 5) is 11.7. The zero-order valence-corrected chi connectivity index (χ0v) is 11.1. The quantitative estimate of drug-likeness (QED) is 0.773. The third kappa shape index (κ3) is 3.95. The first-order valence-corrected chi connectivity index (χ1v) is 6.46. The van der Waals surface area contributed by atoms with Crippen LogP contribution in [0.15, 0.2) is 24.3 Å². The van der Waals surface area contributed by atoms with Gasteiger partial charge in [-0.25, -0.2) is 4.79 Å². The zero-order chi connectivity index (χ0) is 14.4. The third-order valence-corrected chi connectivity index (χ3v) is 3.27. The molecular formula is C14H17N3O3. The highest BCUT2D eigenvalue weighted by Gasteiger charge is 2.30. The SMILES string of the molecule is N#Cc1ccc(NC(=O)NCC2(O)CCOCC2)cc1. The summed E-state index contributed by atoms with van der Waals surface area (Å²) in [6.07, 6.45) is 1.04. The molecule has 0 radical (unpaired) electrons. The van der Waals surface area contributed by atoms with Crippen LogP contribution in [0.2, 0.25) is 0 Å². The van der Waals surface area contributed by atoms with Crippen molar-refractivity contribution in [1.29, 1.82) is 5.26 Å². The molecule has 0 unspecified atom stereocenters. The maximum absolute atomic E-state index is 11.7. The second-order valence-corrected chi connectivity index (χ2v) is 4.83. The Morgan fingerprint density at radius 2 is 2.00 bits per heavy atom. The van der Waals surface area contributed by atoms with E-state index in [0.717, 1.165) is 0 Å². The van der Waals surface area contributed by atoms with Crippen molar-refractivity contribution < 1.29 is 14.6 Å². The zero-order valence-electron chi connectivity index (χ0n) is 11.1. The van der Waals surface area contributed by atoms with Gasteiger partial charge in [-0.1, -0.05) is 0 Å². The van der Waals surface area contributed by atoms with Crippen molar-refractivity contribution in [2.75, 3.05) is 25.1 Å². The lowest BCUT2D eigenvalue weighted by Gasteiger charge is -2.32. The van der Waals surface area contributed by atoms with Gasteiger partial charge >= 0.3 is 6.03 Å². The summed E-state index contributed by atoms with van der Waals surface area (Å²) in [6.45, 7) is 1.21. The van der Waals surface area contributed by atoms with Crippen molar-refractivity contribution in [3.8, 4) is 6.07 Å². The monoisotopic (exact) mass is 275 g/mol. The molecule has 0 saturated carbocycles. The minimum Gasteiger partial charge on any atom is -0.388 e. The number of carbonyl (C=O) groups excluding carboxylic acids is 1. The maximum atomic E-state index is 11.7. The number of nitriles is 1. The van der Waals surface area contributed by atoms with Crippen LogP contribution in [0.1, 0.15) is 18.4 Å². The topological polar surface area (TPSA) is 94.4 Å². The predicted octanol–water partition coefficient (Wildman–Crippen LogP) is 1.22. The molecule has 1 saturated heterocycles. The fourth-order valence-corrected chi connectivity index (χ4v) is 1.98.